The number of anilines is 1. The molecule has 13 nitrogen and oxygen atoms in total. The van der Waals surface area contributed by atoms with E-state index in [9.17, 15) is 24.0 Å². The van der Waals surface area contributed by atoms with Crippen molar-refractivity contribution in [3.63, 3.8) is 0 Å². The summed E-state index contributed by atoms with van der Waals surface area (Å²) in [6, 6.07) is 45.7. The summed E-state index contributed by atoms with van der Waals surface area (Å²) in [6.45, 7) is 5.19. The average molecular weight is 920 g/mol. The number of hydrogen-bond acceptors (Lipinski definition) is 12. The number of nitrogens with zero attached hydrogens (tertiary/aromatic N) is 3. The number of ether oxygens (including phenoxy) is 2. The molecule has 15 heteroatoms. The van der Waals surface area contributed by atoms with Crippen LogP contribution >= 0.6 is 23.1 Å². The third-order valence-corrected chi connectivity index (χ3v) is 12.8. The maximum absolute atomic E-state index is 14.8. The molecule has 6 aromatic rings. The smallest absolute Gasteiger partial charge is 0.413 e. The number of benzene rings is 5. The van der Waals surface area contributed by atoms with E-state index in [0.29, 0.717) is 39.7 Å². The number of oxime groups is 1. The average Bonchev–Trinajstić information content (AvgIpc) is 3.79. The van der Waals surface area contributed by atoms with Crippen molar-refractivity contribution in [2.75, 3.05) is 11.1 Å². The van der Waals surface area contributed by atoms with Crippen LogP contribution in [-0.4, -0.2) is 68.5 Å². The number of nitrogens with one attached hydrogen (secondary N) is 2. The van der Waals surface area contributed by atoms with Gasteiger partial charge in [0.1, 0.15) is 34.7 Å². The summed E-state index contributed by atoms with van der Waals surface area (Å²) in [7, 11) is 0. The zero-order chi connectivity index (χ0) is 46.3. The number of esters is 1. The van der Waals surface area contributed by atoms with Crippen molar-refractivity contribution >= 4 is 64.1 Å². The quantitative estimate of drug-likeness (QED) is 0.0254. The largest absolute Gasteiger partial charge is 0.448 e. The van der Waals surface area contributed by atoms with Crippen molar-refractivity contribution < 1.29 is 38.3 Å². The van der Waals surface area contributed by atoms with Gasteiger partial charge >= 0.3 is 12.1 Å². The first-order valence-electron chi connectivity index (χ1n) is 21.1. The molecule has 2 N–H and O–H groups in total. The fraction of sp³-hybridized carbons (Fsp3) is 0.196. The van der Waals surface area contributed by atoms with Gasteiger partial charge in [0.05, 0.1) is 0 Å². The van der Waals surface area contributed by atoms with Gasteiger partial charge in [-0.3, -0.25) is 19.8 Å². The first-order chi connectivity index (χ1) is 32.0. The molecule has 334 valence electrons. The highest BCUT2D eigenvalue weighted by molar-refractivity contribution is 8.00. The second-order valence-electron chi connectivity index (χ2n) is 16.3. The molecule has 0 bridgehead atoms. The first kappa shape index (κ1) is 45.2. The normalized spacial score (nSPS) is 16.2. The molecule has 8 rings (SSSR count). The van der Waals surface area contributed by atoms with E-state index in [0.717, 1.165) is 11.3 Å². The molecule has 5 aromatic carbocycles. The van der Waals surface area contributed by atoms with E-state index < -0.39 is 52.6 Å². The molecular formula is C51H45N5O8S2. The second kappa shape index (κ2) is 19.8. The Bertz CT molecular complexity index is 2630. The van der Waals surface area contributed by atoms with Crippen molar-refractivity contribution in [1.29, 1.82) is 0 Å². The minimum atomic E-state index is -1.39. The number of thioether (sulfide) groups is 1. The predicted molar refractivity (Wildman–Crippen MR) is 252 cm³/mol. The molecule has 1 aromatic heterocycles. The van der Waals surface area contributed by atoms with Gasteiger partial charge in [-0.2, -0.15) is 0 Å². The van der Waals surface area contributed by atoms with Gasteiger partial charge in [0, 0.05) is 34.2 Å². The molecule has 0 radical (unpaired) electrons. The number of carbonyl (C=O) groups excluding carboxylic acids is 5. The van der Waals surface area contributed by atoms with Crippen molar-refractivity contribution in [2.45, 2.75) is 55.9 Å². The number of aldehydes is 1. The van der Waals surface area contributed by atoms with E-state index in [4.69, 9.17) is 14.3 Å². The highest BCUT2D eigenvalue weighted by atomic mass is 32.2. The molecule has 2 aliphatic heterocycles. The minimum Gasteiger partial charge on any atom is -0.448 e. The Hall–Kier alpha value is -7.36. The molecule has 3 heterocycles. The van der Waals surface area contributed by atoms with Crippen molar-refractivity contribution in [2.24, 2.45) is 5.16 Å². The van der Waals surface area contributed by atoms with Crippen molar-refractivity contribution in [3.05, 3.63) is 202 Å². The fourth-order valence-corrected chi connectivity index (χ4v) is 9.75. The van der Waals surface area contributed by atoms with Crippen LogP contribution in [0.2, 0.25) is 0 Å². The monoisotopic (exact) mass is 919 g/mol. The Kier molecular flexibility index (Phi) is 13.6. The van der Waals surface area contributed by atoms with Gasteiger partial charge in [0.2, 0.25) is 5.60 Å². The van der Waals surface area contributed by atoms with Gasteiger partial charge in [-0.1, -0.05) is 157 Å². The van der Waals surface area contributed by atoms with E-state index in [1.807, 2.05) is 152 Å². The molecule has 2 unspecified atom stereocenters. The summed E-state index contributed by atoms with van der Waals surface area (Å²) in [5.74, 6) is -1.97. The number of β-lactam (4-membered cyclic amide) rings is 1. The number of hydrogen-bond donors (Lipinski definition) is 2. The van der Waals surface area contributed by atoms with Crippen LogP contribution in [-0.2, 0) is 39.1 Å². The Morgan fingerprint density at radius 3 is 1.82 bits per heavy atom. The van der Waals surface area contributed by atoms with Gasteiger partial charge in [-0.05, 0) is 37.5 Å². The molecule has 3 amide bonds. The van der Waals surface area contributed by atoms with Crippen molar-refractivity contribution in [3.8, 4) is 0 Å². The van der Waals surface area contributed by atoms with Crippen molar-refractivity contribution in [1.82, 2.24) is 15.2 Å². The Morgan fingerprint density at radius 2 is 1.32 bits per heavy atom. The molecule has 2 atom stereocenters. The maximum atomic E-state index is 14.8. The minimum absolute atomic E-state index is 0.0360. The van der Waals surface area contributed by atoms with E-state index in [-0.39, 0.29) is 34.4 Å². The lowest BCUT2D eigenvalue weighted by atomic mass is 9.80. The van der Waals surface area contributed by atoms with Gasteiger partial charge in [-0.25, -0.2) is 14.6 Å². The number of thiazole rings is 1. The third-order valence-electron chi connectivity index (χ3n) is 10.7. The first-order valence-corrected chi connectivity index (χ1v) is 23.0. The molecule has 0 saturated carbocycles. The molecule has 1 fully saturated rings. The highest BCUT2D eigenvalue weighted by Gasteiger charge is 2.55. The highest BCUT2D eigenvalue weighted by Crippen LogP contribution is 2.43. The van der Waals surface area contributed by atoms with Gasteiger partial charge in [-0.15, -0.1) is 23.1 Å². The lowest BCUT2D eigenvalue weighted by molar-refractivity contribution is -0.154. The maximum Gasteiger partial charge on any atom is 0.413 e. The summed E-state index contributed by atoms with van der Waals surface area (Å²) in [4.78, 5) is 80.6. The second-order valence-corrected chi connectivity index (χ2v) is 18.2. The van der Waals surface area contributed by atoms with Crippen LogP contribution in [0.4, 0.5) is 9.93 Å². The third kappa shape index (κ3) is 9.67. The summed E-state index contributed by atoms with van der Waals surface area (Å²) in [5, 5.41) is 11.0. The van der Waals surface area contributed by atoms with Crippen LogP contribution in [0, 0.1) is 0 Å². The van der Waals surface area contributed by atoms with Crippen LogP contribution in [0.5, 0.6) is 0 Å². The molecular weight excluding hydrogens is 875 g/mol. The number of amides is 3. The predicted octanol–water partition coefficient (Wildman–Crippen LogP) is 8.78. The number of rotatable bonds is 15. The Labute approximate surface area is 389 Å². The Morgan fingerprint density at radius 1 is 0.803 bits per heavy atom. The SMILES string of the molecule is CC(C)(C)OC(=O)Nc1nc(/C(=N\OC(c2ccccc2)(c2ccccc2)c2ccccc2)C(=O)NC2C(=O)N3C(C(=O)OC(c4ccccc4)c4ccccc4)=C(CC=O)CSC23)cs1. The molecule has 0 spiro atoms. The zero-order valence-electron chi connectivity index (χ0n) is 36.2. The van der Waals surface area contributed by atoms with E-state index in [1.165, 1.54) is 22.0 Å². The molecule has 66 heavy (non-hydrogen) atoms. The Balaban J connectivity index is 1.13. The lowest BCUT2D eigenvalue weighted by Crippen LogP contribution is -2.71. The summed E-state index contributed by atoms with van der Waals surface area (Å²) >= 11 is 2.33. The number of fused-ring (bicyclic) bond motifs is 1. The molecule has 1 saturated heterocycles. The lowest BCUT2D eigenvalue weighted by Gasteiger charge is -2.49. The van der Waals surface area contributed by atoms with Crippen LogP contribution in [0.25, 0.3) is 0 Å². The van der Waals surface area contributed by atoms with Gasteiger partial charge in [0.25, 0.3) is 11.8 Å². The van der Waals surface area contributed by atoms with E-state index in [1.54, 1.807) is 20.8 Å². The molecule has 2 aliphatic rings. The van der Waals surface area contributed by atoms with Gasteiger partial charge < -0.3 is 24.4 Å². The van der Waals surface area contributed by atoms with Crippen LogP contribution < -0.4 is 10.6 Å². The van der Waals surface area contributed by atoms with E-state index in [2.05, 4.69) is 20.8 Å². The molecule has 0 aliphatic carbocycles. The number of carbonyl (C=O) groups is 5. The zero-order valence-corrected chi connectivity index (χ0v) is 37.8. The summed E-state index contributed by atoms with van der Waals surface area (Å²) in [6.07, 6.45) is -0.979. The summed E-state index contributed by atoms with van der Waals surface area (Å²) < 4.78 is 11.6. The topological polar surface area (TPSA) is 166 Å². The summed E-state index contributed by atoms with van der Waals surface area (Å²) in [5.41, 5.74) is 1.51. The van der Waals surface area contributed by atoms with Crippen LogP contribution in [0.15, 0.2) is 173 Å². The number of aromatic nitrogens is 1. The van der Waals surface area contributed by atoms with Crippen LogP contribution in [0.1, 0.15) is 66.8 Å². The standard InChI is InChI=1S/C51H45N5O8S2/c1-50(2,3)63-49(61)54-48-52-39(32-66-48)40(55-64-51(36-23-13-6-14-24-36,37-25-15-7-16-26-37)38-27-17-8-18-28-38)44(58)53-41-45(59)56-42(35(29-30-57)31-65-46(41)56)47(60)62-43(33-19-9-4-10-20-33)34-21-11-5-12-22-34/h4-28,30,32,41,43,46H,29,31H2,1-3H3,(H,53,58)(H,52,54,61)/b55-40+. The van der Waals surface area contributed by atoms with Crippen LogP contribution in [0.3, 0.4) is 0 Å². The van der Waals surface area contributed by atoms with Gasteiger partial charge in [0.15, 0.2) is 16.9 Å². The fourth-order valence-electron chi connectivity index (χ4n) is 7.71. The van der Waals surface area contributed by atoms with E-state index >= 15 is 0 Å².